The van der Waals surface area contributed by atoms with Gasteiger partial charge in [0.1, 0.15) is 11.5 Å². The number of hydrogen-bond acceptors (Lipinski definition) is 7. The highest BCUT2D eigenvalue weighted by Gasteiger charge is 2.35. The molecule has 0 fully saturated rings. The molecule has 0 spiro atoms. The number of carbonyl (C=O) groups excluding carboxylic acids is 1. The van der Waals surface area contributed by atoms with Gasteiger partial charge in [0, 0.05) is 24.6 Å². The Labute approximate surface area is 170 Å². The Balaban J connectivity index is 1.73. The number of methoxy groups -OCH3 is 3. The van der Waals surface area contributed by atoms with Gasteiger partial charge < -0.3 is 23.7 Å². The van der Waals surface area contributed by atoms with Crippen molar-refractivity contribution in [2.75, 3.05) is 41.7 Å². The van der Waals surface area contributed by atoms with E-state index in [9.17, 15) is 4.79 Å². The van der Waals surface area contributed by atoms with Crippen molar-refractivity contribution in [3.63, 3.8) is 0 Å². The highest BCUT2D eigenvalue weighted by atomic mass is 16.7. The van der Waals surface area contributed by atoms with Crippen molar-refractivity contribution >= 4 is 5.78 Å². The first-order valence-corrected chi connectivity index (χ1v) is 9.52. The lowest BCUT2D eigenvalue weighted by Crippen LogP contribution is -2.34. The number of hydrogen-bond donors (Lipinski definition) is 0. The number of ketones is 1. The molecule has 29 heavy (non-hydrogen) atoms. The van der Waals surface area contributed by atoms with Crippen LogP contribution in [0.15, 0.2) is 24.3 Å². The Hall–Kier alpha value is -2.93. The summed E-state index contributed by atoms with van der Waals surface area (Å²) in [5.74, 6) is 3.09. The van der Waals surface area contributed by atoms with E-state index in [1.807, 2.05) is 13.1 Å². The molecule has 0 radical (unpaired) electrons. The molecule has 0 N–H and O–H groups in total. The van der Waals surface area contributed by atoms with Crippen molar-refractivity contribution in [1.82, 2.24) is 4.90 Å². The minimum atomic E-state index is -0.147. The Bertz CT molecular complexity index is 941. The van der Waals surface area contributed by atoms with E-state index in [1.165, 1.54) is 0 Å². The molecule has 0 aliphatic carbocycles. The van der Waals surface area contributed by atoms with Gasteiger partial charge in [-0.3, -0.25) is 9.69 Å². The van der Waals surface area contributed by atoms with Crippen molar-refractivity contribution in [2.45, 2.75) is 18.9 Å². The Morgan fingerprint density at radius 2 is 1.97 bits per heavy atom. The quantitative estimate of drug-likeness (QED) is 0.691. The van der Waals surface area contributed by atoms with Gasteiger partial charge >= 0.3 is 0 Å². The first-order valence-electron chi connectivity index (χ1n) is 9.52. The van der Waals surface area contributed by atoms with E-state index in [1.54, 1.807) is 39.5 Å². The molecule has 2 heterocycles. The van der Waals surface area contributed by atoms with Crippen LogP contribution >= 0.6 is 0 Å². The molecule has 4 rings (SSSR count). The van der Waals surface area contributed by atoms with Crippen LogP contribution in [0.2, 0.25) is 0 Å². The van der Waals surface area contributed by atoms with Gasteiger partial charge in [-0.05, 0) is 43.3 Å². The standard InChI is InChI=1S/C22H25NO6/c1-23-8-7-13-9-19-21(29-12-28-19)22(27-4)20(13)16(23)11-17(24)15-10-14(25-2)5-6-18(15)26-3/h5-6,9-10,16H,7-8,11-12H2,1-4H3. The van der Waals surface area contributed by atoms with E-state index in [0.717, 1.165) is 24.1 Å². The van der Waals surface area contributed by atoms with Crippen LogP contribution in [-0.4, -0.2) is 52.4 Å². The summed E-state index contributed by atoms with van der Waals surface area (Å²) < 4.78 is 27.6. The lowest BCUT2D eigenvalue weighted by Gasteiger charge is -2.35. The van der Waals surface area contributed by atoms with Crippen molar-refractivity contribution < 1.29 is 28.5 Å². The third kappa shape index (κ3) is 3.35. The monoisotopic (exact) mass is 399 g/mol. The van der Waals surface area contributed by atoms with Crippen LogP contribution in [0, 0.1) is 0 Å². The summed E-state index contributed by atoms with van der Waals surface area (Å²) in [5.41, 5.74) is 2.62. The van der Waals surface area contributed by atoms with Gasteiger partial charge in [0.2, 0.25) is 12.5 Å². The third-order valence-corrected chi connectivity index (χ3v) is 5.63. The molecule has 2 aliphatic heterocycles. The first-order chi connectivity index (χ1) is 14.1. The van der Waals surface area contributed by atoms with Crippen LogP contribution in [0.1, 0.15) is 33.9 Å². The summed E-state index contributed by atoms with van der Waals surface area (Å²) in [6.07, 6.45) is 1.13. The van der Waals surface area contributed by atoms with Crippen molar-refractivity contribution in [3.05, 3.63) is 41.0 Å². The van der Waals surface area contributed by atoms with Gasteiger partial charge in [0.15, 0.2) is 17.3 Å². The lowest BCUT2D eigenvalue weighted by atomic mass is 9.87. The van der Waals surface area contributed by atoms with Gasteiger partial charge in [-0.1, -0.05) is 0 Å². The van der Waals surface area contributed by atoms with Crippen molar-refractivity contribution in [2.24, 2.45) is 0 Å². The molecular weight excluding hydrogens is 374 g/mol. The normalized spacial score (nSPS) is 17.6. The topological polar surface area (TPSA) is 66.5 Å². The molecular formula is C22H25NO6. The smallest absolute Gasteiger partial charge is 0.231 e. The maximum Gasteiger partial charge on any atom is 0.231 e. The highest BCUT2D eigenvalue weighted by molar-refractivity contribution is 5.99. The van der Waals surface area contributed by atoms with Crippen molar-refractivity contribution in [1.29, 1.82) is 0 Å². The summed E-state index contributed by atoms with van der Waals surface area (Å²) >= 11 is 0. The van der Waals surface area contributed by atoms with Gasteiger partial charge in [0.05, 0.1) is 26.9 Å². The molecule has 7 nitrogen and oxygen atoms in total. The number of nitrogens with zero attached hydrogens (tertiary/aromatic N) is 1. The molecule has 2 aromatic rings. The van der Waals surface area contributed by atoms with E-state index in [-0.39, 0.29) is 25.0 Å². The Morgan fingerprint density at radius 1 is 1.14 bits per heavy atom. The summed E-state index contributed by atoms with van der Waals surface area (Å²) in [5, 5.41) is 0. The molecule has 0 saturated heterocycles. The second-order valence-corrected chi connectivity index (χ2v) is 7.16. The maximum absolute atomic E-state index is 13.3. The van der Waals surface area contributed by atoms with Gasteiger partial charge in [-0.2, -0.15) is 0 Å². The SMILES string of the molecule is COc1ccc(OC)c(C(=O)CC2c3c(cc4c(c3OC)OCO4)CCN2C)c1. The molecule has 0 bridgehead atoms. The molecule has 0 saturated carbocycles. The number of rotatable bonds is 6. The Morgan fingerprint density at radius 3 is 2.69 bits per heavy atom. The van der Waals surface area contributed by atoms with E-state index in [2.05, 4.69) is 4.90 Å². The van der Waals surface area contributed by atoms with Gasteiger partial charge in [-0.25, -0.2) is 0 Å². The number of carbonyl (C=O) groups is 1. The fourth-order valence-corrected chi connectivity index (χ4v) is 4.10. The first kappa shape index (κ1) is 19.4. The second-order valence-electron chi connectivity index (χ2n) is 7.16. The number of likely N-dealkylation sites (N-methyl/N-ethyl adjacent to an activating group) is 1. The van der Waals surface area contributed by atoms with Crippen LogP contribution in [-0.2, 0) is 6.42 Å². The lowest BCUT2D eigenvalue weighted by molar-refractivity contribution is 0.0922. The summed E-state index contributed by atoms with van der Waals surface area (Å²) in [4.78, 5) is 15.5. The molecule has 2 aliphatic rings. The summed E-state index contributed by atoms with van der Waals surface area (Å²) in [6.45, 7) is 1.01. The molecule has 1 unspecified atom stereocenters. The van der Waals surface area contributed by atoms with E-state index >= 15 is 0 Å². The summed E-state index contributed by atoms with van der Waals surface area (Å²) in [6, 6.07) is 7.12. The van der Waals surface area contributed by atoms with Crippen LogP contribution in [0.25, 0.3) is 0 Å². The van der Waals surface area contributed by atoms with Crippen LogP contribution < -0.4 is 23.7 Å². The fraction of sp³-hybridized carbons (Fsp3) is 0.409. The number of Topliss-reactive ketones (excluding diaryl/α,β-unsaturated/α-hetero) is 1. The minimum absolute atomic E-state index is 0.0230. The molecule has 7 heteroatoms. The zero-order chi connectivity index (χ0) is 20.5. The van der Waals surface area contributed by atoms with E-state index in [4.69, 9.17) is 23.7 Å². The third-order valence-electron chi connectivity index (χ3n) is 5.63. The zero-order valence-electron chi connectivity index (χ0n) is 17.1. The number of ether oxygens (including phenoxy) is 5. The molecule has 0 amide bonds. The average Bonchev–Trinajstić information content (AvgIpc) is 3.21. The van der Waals surface area contributed by atoms with Gasteiger partial charge in [-0.15, -0.1) is 0 Å². The van der Waals surface area contributed by atoms with Gasteiger partial charge in [0.25, 0.3) is 0 Å². The number of benzene rings is 2. The predicted molar refractivity (Wildman–Crippen MR) is 107 cm³/mol. The molecule has 1 atom stereocenters. The summed E-state index contributed by atoms with van der Waals surface area (Å²) in [7, 11) is 6.78. The minimum Gasteiger partial charge on any atom is -0.497 e. The average molecular weight is 399 g/mol. The molecule has 154 valence electrons. The molecule has 0 aromatic heterocycles. The van der Waals surface area contributed by atoms with Crippen LogP contribution in [0.3, 0.4) is 0 Å². The van der Waals surface area contributed by atoms with E-state index in [0.29, 0.717) is 34.3 Å². The van der Waals surface area contributed by atoms with Crippen molar-refractivity contribution in [3.8, 4) is 28.7 Å². The second kappa shape index (κ2) is 7.83. The molecule has 2 aromatic carbocycles. The van der Waals surface area contributed by atoms with E-state index < -0.39 is 0 Å². The zero-order valence-corrected chi connectivity index (χ0v) is 17.1. The predicted octanol–water partition coefficient (Wildman–Crippen LogP) is 3.24. The highest BCUT2D eigenvalue weighted by Crippen LogP contribution is 2.50. The maximum atomic E-state index is 13.3. The largest absolute Gasteiger partial charge is 0.497 e. The van der Waals surface area contributed by atoms with Crippen LogP contribution in [0.5, 0.6) is 28.7 Å². The Kier molecular flexibility index (Phi) is 5.24. The number of fused-ring (bicyclic) bond motifs is 2. The van der Waals surface area contributed by atoms with Crippen LogP contribution in [0.4, 0.5) is 0 Å². The fourth-order valence-electron chi connectivity index (χ4n) is 4.10.